The van der Waals surface area contributed by atoms with E-state index in [4.69, 9.17) is 10.5 Å². The van der Waals surface area contributed by atoms with Crippen molar-refractivity contribution in [2.75, 3.05) is 7.11 Å². The van der Waals surface area contributed by atoms with Crippen LogP contribution in [0.25, 0.3) is 0 Å². The summed E-state index contributed by atoms with van der Waals surface area (Å²) in [4.78, 5) is 16.0. The van der Waals surface area contributed by atoms with Crippen LogP contribution in [0.2, 0.25) is 0 Å². The highest BCUT2D eigenvalue weighted by Crippen LogP contribution is 2.23. The number of aliphatic hydroxyl groups is 1. The van der Waals surface area contributed by atoms with Crippen molar-refractivity contribution in [3.63, 3.8) is 0 Å². The first kappa shape index (κ1) is 21.9. The van der Waals surface area contributed by atoms with Crippen LogP contribution in [-0.4, -0.2) is 39.9 Å². The third-order valence-corrected chi connectivity index (χ3v) is 4.92. The van der Waals surface area contributed by atoms with Crippen molar-refractivity contribution in [1.29, 1.82) is 0 Å². The molecule has 28 heavy (non-hydrogen) atoms. The second-order valence-corrected chi connectivity index (χ2v) is 7.61. The van der Waals surface area contributed by atoms with Crippen LogP contribution in [0.4, 0.5) is 0 Å². The van der Waals surface area contributed by atoms with Crippen LogP contribution in [0.1, 0.15) is 37.1 Å². The first-order valence-electron chi connectivity index (χ1n) is 9.53. The van der Waals surface area contributed by atoms with Gasteiger partial charge in [-0.05, 0) is 54.5 Å². The van der Waals surface area contributed by atoms with Crippen LogP contribution in [0.5, 0.6) is 5.75 Å². The van der Waals surface area contributed by atoms with Crippen LogP contribution < -0.4 is 10.5 Å². The van der Waals surface area contributed by atoms with E-state index in [1.54, 1.807) is 13.3 Å². The molecule has 0 bridgehead atoms. The molecule has 0 saturated carbocycles. The van der Waals surface area contributed by atoms with Gasteiger partial charge in [-0.2, -0.15) is 0 Å². The van der Waals surface area contributed by atoms with Gasteiger partial charge >= 0.3 is 5.97 Å². The second kappa shape index (κ2) is 9.66. The zero-order valence-electron chi connectivity index (χ0n) is 16.8. The van der Waals surface area contributed by atoms with Crippen molar-refractivity contribution >= 4 is 5.97 Å². The average Bonchev–Trinajstić information content (AvgIpc) is 2.66. The minimum Gasteiger partial charge on any atom is -0.496 e. The highest BCUT2D eigenvalue weighted by molar-refractivity contribution is 5.78. The molecule has 0 saturated heterocycles. The Morgan fingerprint density at radius 2 is 1.96 bits per heavy atom. The molecule has 0 amide bonds. The van der Waals surface area contributed by atoms with Gasteiger partial charge in [-0.25, -0.2) is 4.79 Å². The zero-order valence-corrected chi connectivity index (χ0v) is 16.8. The Morgan fingerprint density at radius 1 is 1.25 bits per heavy atom. The summed E-state index contributed by atoms with van der Waals surface area (Å²) in [7, 11) is 1.65. The Bertz CT molecular complexity index is 794. The van der Waals surface area contributed by atoms with Crippen molar-refractivity contribution in [3.05, 3.63) is 59.4 Å². The van der Waals surface area contributed by atoms with Gasteiger partial charge in [0.05, 0.1) is 7.11 Å². The van der Waals surface area contributed by atoms with Crippen molar-refractivity contribution in [3.8, 4) is 5.75 Å². The van der Waals surface area contributed by atoms with Crippen molar-refractivity contribution in [1.82, 2.24) is 4.98 Å². The number of benzene rings is 1. The first-order valence-corrected chi connectivity index (χ1v) is 9.53. The van der Waals surface area contributed by atoms with Crippen molar-refractivity contribution < 1.29 is 19.7 Å². The van der Waals surface area contributed by atoms with E-state index in [1.807, 2.05) is 50.2 Å². The molecule has 2 aromatic rings. The largest absolute Gasteiger partial charge is 0.496 e. The van der Waals surface area contributed by atoms with Gasteiger partial charge in [-0.1, -0.05) is 32.0 Å². The van der Waals surface area contributed by atoms with Gasteiger partial charge in [0.1, 0.15) is 5.75 Å². The quantitative estimate of drug-likeness (QED) is 0.580. The average molecular weight is 386 g/mol. The fourth-order valence-corrected chi connectivity index (χ4v) is 3.31. The fourth-order valence-electron chi connectivity index (χ4n) is 3.31. The van der Waals surface area contributed by atoms with Crippen LogP contribution in [0.15, 0.2) is 42.6 Å². The third kappa shape index (κ3) is 5.53. The molecule has 0 spiro atoms. The number of ether oxygens (including phenoxy) is 1. The van der Waals surface area contributed by atoms with Crippen LogP contribution in [-0.2, 0) is 24.1 Å². The van der Waals surface area contributed by atoms with Gasteiger partial charge in [0.2, 0.25) is 0 Å². The molecule has 6 nitrogen and oxygen atoms in total. The molecule has 0 aliphatic rings. The molecule has 0 aliphatic heterocycles. The lowest BCUT2D eigenvalue weighted by Gasteiger charge is -2.30. The number of aromatic nitrogens is 1. The number of pyridine rings is 1. The molecule has 2 rings (SSSR count). The minimum absolute atomic E-state index is 0.126. The number of carboxylic acid groups (broad SMARTS) is 1. The van der Waals surface area contributed by atoms with E-state index >= 15 is 0 Å². The maximum absolute atomic E-state index is 11.7. The number of hydrogen-bond acceptors (Lipinski definition) is 5. The molecule has 0 radical (unpaired) electrons. The Hall–Kier alpha value is -2.44. The van der Waals surface area contributed by atoms with Crippen LogP contribution in [0.3, 0.4) is 0 Å². The Kier molecular flexibility index (Phi) is 7.54. The lowest BCUT2D eigenvalue weighted by Crippen LogP contribution is -2.56. The highest BCUT2D eigenvalue weighted by Gasteiger charge is 2.43. The summed E-state index contributed by atoms with van der Waals surface area (Å²) in [6.45, 7) is 3.89. The van der Waals surface area contributed by atoms with E-state index in [-0.39, 0.29) is 12.3 Å². The normalized spacial score (nSPS) is 14.5. The van der Waals surface area contributed by atoms with Gasteiger partial charge in [-0.3, -0.25) is 4.98 Å². The van der Waals surface area contributed by atoms with E-state index in [2.05, 4.69) is 4.98 Å². The Labute approximate surface area is 166 Å². The Morgan fingerprint density at radius 3 is 2.61 bits per heavy atom. The highest BCUT2D eigenvalue weighted by atomic mass is 16.5. The third-order valence-electron chi connectivity index (χ3n) is 4.92. The SMILES string of the molecule is COc1ccccc1CCc1ccnc(CC(O)(C(=O)O)[C@@H](N)CC(C)C)c1. The predicted molar refractivity (Wildman–Crippen MR) is 108 cm³/mol. The van der Waals surface area contributed by atoms with Crippen molar-refractivity contribution in [2.45, 2.75) is 51.2 Å². The number of nitrogens with two attached hydrogens (primary N) is 1. The molecule has 1 aromatic heterocycles. The molecule has 152 valence electrons. The second-order valence-electron chi connectivity index (χ2n) is 7.61. The molecular weight excluding hydrogens is 356 g/mol. The summed E-state index contributed by atoms with van der Waals surface area (Å²) >= 11 is 0. The van der Waals surface area contributed by atoms with Gasteiger partial charge in [0, 0.05) is 24.4 Å². The molecule has 1 unspecified atom stereocenters. The topological polar surface area (TPSA) is 106 Å². The molecule has 1 heterocycles. The summed E-state index contributed by atoms with van der Waals surface area (Å²) in [5.41, 5.74) is 6.62. The lowest BCUT2D eigenvalue weighted by molar-refractivity contribution is -0.161. The van der Waals surface area contributed by atoms with Gasteiger partial charge in [0.25, 0.3) is 0 Å². The molecule has 6 heteroatoms. The molecule has 0 fully saturated rings. The van der Waals surface area contributed by atoms with E-state index in [0.29, 0.717) is 12.1 Å². The van der Waals surface area contributed by atoms with Crippen molar-refractivity contribution in [2.24, 2.45) is 11.7 Å². The van der Waals surface area contributed by atoms with Crippen LogP contribution >= 0.6 is 0 Å². The maximum Gasteiger partial charge on any atom is 0.337 e. The van der Waals surface area contributed by atoms with Gasteiger partial charge in [-0.15, -0.1) is 0 Å². The number of nitrogens with zero attached hydrogens (tertiary/aromatic N) is 1. The number of methoxy groups -OCH3 is 1. The van der Waals surface area contributed by atoms with Crippen LogP contribution in [0, 0.1) is 5.92 Å². The fraction of sp³-hybridized carbons (Fsp3) is 0.455. The number of carboxylic acids is 1. The summed E-state index contributed by atoms with van der Waals surface area (Å²) in [6, 6.07) is 10.7. The maximum atomic E-state index is 11.7. The molecule has 1 aromatic carbocycles. The molecular formula is C22H30N2O4. The monoisotopic (exact) mass is 386 g/mol. The predicted octanol–water partition coefficient (Wildman–Crippen LogP) is 2.61. The smallest absolute Gasteiger partial charge is 0.337 e. The Balaban J connectivity index is 2.14. The standard InChI is InChI=1S/C22H30N2O4/c1-15(2)12-20(23)22(27,21(25)26)14-18-13-16(10-11-24-18)8-9-17-6-4-5-7-19(17)28-3/h4-7,10-11,13,15,20,27H,8-9,12,14,23H2,1-3H3,(H,25,26)/t20-,22?/m0/s1. The molecule has 4 N–H and O–H groups in total. The first-order chi connectivity index (χ1) is 13.3. The van der Waals surface area contributed by atoms with E-state index in [1.165, 1.54) is 0 Å². The summed E-state index contributed by atoms with van der Waals surface area (Å²) < 4.78 is 5.38. The zero-order chi connectivity index (χ0) is 20.7. The number of hydrogen-bond donors (Lipinski definition) is 3. The number of aliphatic carboxylic acids is 1. The minimum atomic E-state index is -2.04. The summed E-state index contributed by atoms with van der Waals surface area (Å²) in [5.74, 6) is -0.292. The number of rotatable bonds is 10. The van der Waals surface area contributed by atoms with E-state index < -0.39 is 17.6 Å². The number of aryl methyl sites for hydroxylation is 2. The number of carbonyl (C=O) groups is 1. The summed E-state index contributed by atoms with van der Waals surface area (Å²) in [6.07, 6.45) is 3.46. The lowest BCUT2D eigenvalue weighted by atomic mass is 9.84. The van der Waals surface area contributed by atoms with Gasteiger partial charge < -0.3 is 20.7 Å². The van der Waals surface area contributed by atoms with Gasteiger partial charge in [0.15, 0.2) is 5.60 Å². The molecule has 0 aliphatic carbocycles. The van der Waals surface area contributed by atoms with E-state index in [9.17, 15) is 15.0 Å². The molecule has 2 atom stereocenters. The summed E-state index contributed by atoms with van der Waals surface area (Å²) in [5, 5.41) is 20.3. The number of para-hydroxylation sites is 1. The van der Waals surface area contributed by atoms with E-state index in [0.717, 1.165) is 29.7 Å².